The third kappa shape index (κ3) is 5.71. The fourth-order valence-corrected chi connectivity index (χ4v) is 6.65. The summed E-state index contributed by atoms with van der Waals surface area (Å²) < 4.78 is 7.00. The summed E-state index contributed by atoms with van der Waals surface area (Å²) in [5.41, 5.74) is 5.42. The van der Waals surface area contributed by atoms with Crippen molar-refractivity contribution in [2.45, 2.75) is 38.9 Å². The predicted molar refractivity (Wildman–Crippen MR) is 153 cm³/mol. The highest BCUT2D eigenvalue weighted by molar-refractivity contribution is 7.99. The average Bonchev–Trinajstić information content (AvgIpc) is 3.59. The number of carbonyl (C=O) groups is 2. The molecule has 0 unspecified atom stereocenters. The van der Waals surface area contributed by atoms with Gasteiger partial charge in [0.2, 0.25) is 5.91 Å². The molecule has 7 nitrogen and oxygen atoms in total. The van der Waals surface area contributed by atoms with Crippen LogP contribution < -0.4 is 5.32 Å². The Labute approximate surface area is 228 Å². The van der Waals surface area contributed by atoms with E-state index in [1.807, 2.05) is 41.1 Å². The molecule has 0 radical (unpaired) electrons. The van der Waals surface area contributed by atoms with Crippen molar-refractivity contribution in [2.75, 3.05) is 18.2 Å². The molecule has 0 saturated heterocycles. The summed E-state index contributed by atoms with van der Waals surface area (Å²) in [6.07, 6.45) is 2.70. The van der Waals surface area contributed by atoms with E-state index in [2.05, 4.69) is 41.3 Å². The molecular formula is C27H28N4O3S3. The van der Waals surface area contributed by atoms with E-state index in [-0.39, 0.29) is 11.7 Å². The number of hydrogen-bond acceptors (Lipinski definition) is 8. The van der Waals surface area contributed by atoms with Crippen LogP contribution in [0.25, 0.3) is 22.5 Å². The molecule has 0 saturated carbocycles. The first-order valence-electron chi connectivity index (χ1n) is 11.7. The van der Waals surface area contributed by atoms with Gasteiger partial charge in [0.15, 0.2) is 11.0 Å². The van der Waals surface area contributed by atoms with Gasteiger partial charge in [0.05, 0.1) is 12.9 Å². The number of nitrogens with zero attached hydrogens (tertiary/aromatic N) is 3. The quantitative estimate of drug-likeness (QED) is 0.135. The Balaban J connectivity index is 1.53. The Morgan fingerprint density at radius 1 is 1.14 bits per heavy atom. The Morgan fingerprint density at radius 3 is 2.54 bits per heavy atom. The van der Waals surface area contributed by atoms with Gasteiger partial charge in [0.1, 0.15) is 10.6 Å². The van der Waals surface area contributed by atoms with E-state index in [1.165, 1.54) is 40.6 Å². The van der Waals surface area contributed by atoms with Crippen molar-refractivity contribution < 1.29 is 14.3 Å². The number of anilines is 1. The van der Waals surface area contributed by atoms with Gasteiger partial charge in [-0.1, -0.05) is 54.6 Å². The largest absolute Gasteiger partial charge is 0.465 e. The normalized spacial score (nSPS) is 10.9. The maximum Gasteiger partial charge on any atom is 0.341 e. The van der Waals surface area contributed by atoms with E-state index in [1.54, 1.807) is 17.4 Å². The highest BCUT2D eigenvalue weighted by atomic mass is 32.2. The Bertz CT molecular complexity index is 1430. The Kier molecular flexibility index (Phi) is 8.63. The van der Waals surface area contributed by atoms with Gasteiger partial charge in [0, 0.05) is 33.3 Å². The third-order valence-electron chi connectivity index (χ3n) is 5.86. The summed E-state index contributed by atoms with van der Waals surface area (Å²) in [5.74, 6) is 0.144. The molecule has 4 aromatic rings. The molecule has 3 heterocycles. The lowest BCUT2D eigenvalue weighted by Gasteiger charge is -2.09. The molecule has 0 atom stereocenters. The van der Waals surface area contributed by atoms with Crippen molar-refractivity contribution in [2.24, 2.45) is 0 Å². The molecular weight excluding hydrogens is 525 g/mol. The zero-order valence-corrected chi connectivity index (χ0v) is 23.6. The van der Waals surface area contributed by atoms with Gasteiger partial charge < -0.3 is 10.1 Å². The van der Waals surface area contributed by atoms with Gasteiger partial charge in [-0.25, -0.2) is 4.79 Å². The highest BCUT2D eigenvalue weighted by Crippen LogP contribution is 2.37. The average molecular weight is 553 g/mol. The zero-order chi connectivity index (χ0) is 26.5. The van der Waals surface area contributed by atoms with Crippen LogP contribution in [0.15, 0.2) is 52.8 Å². The van der Waals surface area contributed by atoms with Gasteiger partial charge in [-0.15, -0.1) is 39.4 Å². The molecule has 1 amide bonds. The van der Waals surface area contributed by atoms with Crippen LogP contribution >= 0.6 is 34.4 Å². The van der Waals surface area contributed by atoms with Gasteiger partial charge in [-0.2, -0.15) is 0 Å². The number of nitrogens with one attached hydrogen (secondary N) is 1. The van der Waals surface area contributed by atoms with E-state index in [0.717, 1.165) is 34.5 Å². The molecule has 0 bridgehead atoms. The standard InChI is InChI=1S/C27H28N4O3S3/c1-6-12-31-24(21-14-35-17(4)19(21)7-2)29-30-27(31)37-15-22(32)28-25-23(26(33)34-5)20(13-36-25)18-10-8-16(3)9-11-18/h6,8-11,13-14H,1,7,12,15H2,2-5H3,(H,28,32). The van der Waals surface area contributed by atoms with Crippen molar-refractivity contribution in [3.63, 3.8) is 0 Å². The van der Waals surface area contributed by atoms with E-state index in [0.29, 0.717) is 22.3 Å². The van der Waals surface area contributed by atoms with E-state index in [9.17, 15) is 9.59 Å². The molecule has 10 heteroatoms. The predicted octanol–water partition coefficient (Wildman–Crippen LogP) is 6.62. The first kappa shape index (κ1) is 26.8. The molecule has 1 aromatic carbocycles. The Hall–Kier alpha value is -3.21. The molecule has 0 fully saturated rings. The fraction of sp³-hybridized carbons (Fsp3) is 0.259. The van der Waals surface area contributed by atoms with E-state index in [4.69, 9.17) is 4.74 Å². The van der Waals surface area contributed by atoms with Crippen LogP contribution in [0.4, 0.5) is 5.00 Å². The second kappa shape index (κ2) is 11.9. The van der Waals surface area contributed by atoms with Crippen molar-refractivity contribution >= 4 is 51.3 Å². The van der Waals surface area contributed by atoms with Crippen molar-refractivity contribution in [1.29, 1.82) is 0 Å². The van der Waals surface area contributed by atoms with Crippen LogP contribution in [0.5, 0.6) is 0 Å². The lowest BCUT2D eigenvalue weighted by Crippen LogP contribution is -2.16. The number of ether oxygens (including phenoxy) is 1. The number of hydrogen-bond donors (Lipinski definition) is 1. The summed E-state index contributed by atoms with van der Waals surface area (Å²) in [7, 11) is 1.34. The van der Waals surface area contributed by atoms with Gasteiger partial charge >= 0.3 is 5.97 Å². The molecule has 192 valence electrons. The molecule has 4 rings (SSSR count). The summed E-state index contributed by atoms with van der Waals surface area (Å²) in [6.45, 7) is 10.6. The topological polar surface area (TPSA) is 86.1 Å². The number of thiophene rings is 2. The van der Waals surface area contributed by atoms with E-state index < -0.39 is 5.97 Å². The second-order valence-corrected chi connectivity index (χ2v) is 11.2. The van der Waals surface area contributed by atoms with Crippen molar-refractivity contribution in [3.05, 3.63) is 69.2 Å². The number of carbonyl (C=O) groups excluding carboxylic acids is 2. The molecule has 0 spiro atoms. The number of rotatable bonds is 10. The van der Waals surface area contributed by atoms with Crippen LogP contribution in [0.1, 0.15) is 33.3 Å². The molecule has 37 heavy (non-hydrogen) atoms. The lowest BCUT2D eigenvalue weighted by atomic mass is 10.0. The first-order chi connectivity index (χ1) is 17.9. The fourth-order valence-electron chi connectivity index (χ4n) is 3.99. The van der Waals surface area contributed by atoms with Crippen LogP contribution in [0.2, 0.25) is 0 Å². The SMILES string of the molecule is C=CCn1c(SCC(=O)Nc2scc(-c3ccc(C)cc3)c2C(=O)OC)nnc1-c1csc(C)c1CC. The molecule has 0 aliphatic carbocycles. The molecule has 0 aliphatic rings. The Morgan fingerprint density at radius 2 is 1.86 bits per heavy atom. The number of aromatic nitrogens is 3. The van der Waals surface area contributed by atoms with Crippen molar-refractivity contribution in [1.82, 2.24) is 14.8 Å². The number of allylic oxidation sites excluding steroid dienone is 1. The van der Waals surface area contributed by atoms with Crippen LogP contribution in [0.3, 0.4) is 0 Å². The highest BCUT2D eigenvalue weighted by Gasteiger charge is 2.23. The summed E-state index contributed by atoms with van der Waals surface area (Å²) in [4.78, 5) is 26.8. The summed E-state index contributed by atoms with van der Waals surface area (Å²) in [6, 6.07) is 7.87. The summed E-state index contributed by atoms with van der Waals surface area (Å²) >= 11 is 4.29. The number of methoxy groups -OCH3 is 1. The number of thioether (sulfide) groups is 1. The molecule has 1 N–H and O–H groups in total. The smallest absolute Gasteiger partial charge is 0.341 e. The number of esters is 1. The zero-order valence-electron chi connectivity index (χ0n) is 21.2. The van der Waals surface area contributed by atoms with Gasteiger partial charge in [0.25, 0.3) is 0 Å². The maximum absolute atomic E-state index is 12.9. The second-order valence-electron chi connectivity index (χ2n) is 8.29. The van der Waals surface area contributed by atoms with Crippen molar-refractivity contribution in [3.8, 4) is 22.5 Å². The minimum atomic E-state index is -0.493. The minimum absolute atomic E-state index is 0.108. The van der Waals surface area contributed by atoms with Gasteiger partial charge in [-0.05, 0) is 31.4 Å². The molecule has 0 aliphatic heterocycles. The molecule has 3 aromatic heterocycles. The minimum Gasteiger partial charge on any atom is -0.465 e. The van der Waals surface area contributed by atoms with Crippen LogP contribution in [-0.2, 0) is 22.5 Å². The van der Waals surface area contributed by atoms with Gasteiger partial charge in [-0.3, -0.25) is 9.36 Å². The number of benzene rings is 1. The summed E-state index contributed by atoms with van der Waals surface area (Å²) in [5, 5.41) is 16.8. The lowest BCUT2D eigenvalue weighted by molar-refractivity contribution is -0.113. The third-order valence-corrected chi connectivity index (χ3v) is 8.67. The monoisotopic (exact) mass is 552 g/mol. The number of amides is 1. The van der Waals surface area contributed by atoms with Crippen LogP contribution in [-0.4, -0.2) is 39.5 Å². The first-order valence-corrected chi connectivity index (χ1v) is 14.4. The van der Waals surface area contributed by atoms with Crippen LogP contribution in [0, 0.1) is 13.8 Å². The van der Waals surface area contributed by atoms with E-state index >= 15 is 0 Å². The number of aryl methyl sites for hydroxylation is 2. The maximum atomic E-state index is 12.9.